The molecule has 1 saturated carbocycles. The first kappa shape index (κ1) is 9.83. The molecule has 0 spiro atoms. The Balaban J connectivity index is 2.08. The molecule has 0 saturated heterocycles. The second-order valence-corrected chi connectivity index (χ2v) is 3.55. The van der Waals surface area contributed by atoms with Crippen LogP contribution in [0.2, 0.25) is 0 Å². The molecule has 0 unspecified atom stereocenters. The van der Waals surface area contributed by atoms with E-state index in [1.54, 1.807) is 0 Å². The summed E-state index contributed by atoms with van der Waals surface area (Å²) in [5.41, 5.74) is 4.46. The molecule has 5 nitrogen and oxygen atoms in total. The summed E-state index contributed by atoms with van der Waals surface area (Å²) in [6.45, 7) is 3.48. The van der Waals surface area contributed by atoms with Crippen molar-refractivity contribution < 1.29 is 9.59 Å². The van der Waals surface area contributed by atoms with Crippen LogP contribution in [0, 0.1) is 5.92 Å². The maximum atomic E-state index is 11.0. The quantitative estimate of drug-likeness (QED) is 0.508. The Morgan fingerprint density at radius 2 is 1.85 bits per heavy atom. The highest BCUT2D eigenvalue weighted by Gasteiger charge is 2.26. The van der Waals surface area contributed by atoms with Crippen molar-refractivity contribution in [3.05, 3.63) is 0 Å². The van der Waals surface area contributed by atoms with Crippen molar-refractivity contribution in [2.45, 2.75) is 32.7 Å². The van der Waals surface area contributed by atoms with Gasteiger partial charge in [-0.1, -0.05) is 6.92 Å². The highest BCUT2D eigenvalue weighted by Crippen LogP contribution is 2.25. The fourth-order valence-electron chi connectivity index (χ4n) is 1.39. The zero-order valence-corrected chi connectivity index (χ0v) is 7.89. The average molecular weight is 185 g/mol. The molecule has 3 amide bonds. The molecule has 0 aliphatic heterocycles. The van der Waals surface area contributed by atoms with E-state index in [1.165, 1.54) is 6.92 Å². The number of hydrogen-bond acceptors (Lipinski definition) is 2. The van der Waals surface area contributed by atoms with E-state index in [4.69, 9.17) is 0 Å². The number of rotatable bonds is 1. The number of hydrogen-bond donors (Lipinski definition) is 3. The monoisotopic (exact) mass is 185 g/mol. The molecule has 0 aromatic rings. The Labute approximate surface area is 77.2 Å². The summed E-state index contributed by atoms with van der Waals surface area (Å²) >= 11 is 0. The average Bonchev–Trinajstić information content (AvgIpc) is 1.98. The van der Waals surface area contributed by atoms with Crippen LogP contribution in [0.25, 0.3) is 0 Å². The van der Waals surface area contributed by atoms with Crippen LogP contribution >= 0.6 is 0 Å². The molecule has 0 radical (unpaired) electrons. The Morgan fingerprint density at radius 3 is 2.31 bits per heavy atom. The summed E-state index contributed by atoms with van der Waals surface area (Å²) in [6, 6.07) is -0.0733. The van der Waals surface area contributed by atoms with E-state index in [9.17, 15) is 9.59 Å². The van der Waals surface area contributed by atoms with Crippen LogP contribution in [-0.4, -0.2) is 18.0 Å². The van der Waals surface area contributed by atoms with Crippen molar-refractivity contribution in [1.29, 1.82) is 0 Å². The standard InChI is InChI=1S/C8H15N3O2/c1-5-3-7(4-5)9-8(13)11-10-6(2)12/h5,7H,3-4H2,1-2H3,(H,10,12)(H2,9,11,13). The van der Waals surface area contributed by atoms with E-state index in [0.717, 1.165) is 12.8 Å². The number of urea groups is 1. The van der Waals surface area contributed by atoms with Gasteiger partial charge in [0.2, 0.25) is 5.91 Å². The van der Waals surface area contributed by atoms with Gasteiger partial charge in [0.15, 0.2) is 0 Å². The molecule has 5 heteroatoms. The molecule has 0 bridgehead atoms. The van der Waals surface area contributed by atoms with Gasteiger partial charge in [-0.25, -0.2) is 10.2 Å². The minimum Gasteiger partial charge on any atom is -0.334 e. The first-order valence-electron chi connectivity index (χ1n) is 4.41. The predicted molar refractivity (Wildman–Crippen MR) is 47.7 cm³/mol. The third-order valence-electron chi connectivity index (χ3n) is 2.06. The van der Waals surface area contributed by atoms with Crippen molar-refractivity contribution in [2.24, 2.45) is 5.92 Å². The zero-order chi connectivity index (χ0) is 9.84. The fraction of sp³-hybridized carbons (Fsp3) is 0.750. The normalized spacial score (nSPS) is 25.7. The molecule has 1 aliphatic carbocycles. The van der Waals surface area contributed by atoms with E-state index >= 15 is 0 Å². The summed E-state index contributed by atoms with van der Waals surface area (Å²) in [5, 5.41) is 2.74. The van der Waals surface area contributed by atoms with Gasteiger partial charge >= 0.3 is 6.03 Å². The molecular weight excluding hydrogens is 170 g/mol. The van der Waals surface area contributed by atoms with Crippen molar-refractivity contribution in [3.8, 4) is 0 Å². The number of carbonyl (C=O) groups is 2. The van der Waals surface area contributed by atoms with Crippen LogP contribution in [0.5, 0.6) is 0 Å². The van der Waals surface area contributed by atoms with Crippen molar-refractivity contribution in [1.82, 2.24) is 16.2 Å². The van der Waals surface area contributed by atoms with Gasteiger partial charge < -0.3 is 5.32 Å². The van der Waals surface area contributed by atoms with Gasteiger partial charge in [-0.15, -0.1) is 0 Å². The lowest BCUT2D eigenvalue weighted by molar-refractivity contribution is -0.119. The summed E-state index contributed by atoms with van der Waals surface area (Å²) in [5.74, 6) is 0.420. The van der Waals surface area contributed by atoms with E-state index < -0.39 is 0 Å². The highest BCUT2D eigenvalue weighted by molar-refractivity contribution is 5.79. The smallest absolute Gasteiger partial charge is 0.333 e. The van der Waals surface area contributed by atoms with Gasteiger partial charge in [-0.2, -0.15) is 0 Å². The third-order valence-corrected chi connectivity index (χ3v) is 2.06. The second-order valence-electron chi connectivity index (χ2n) is 3.55. The van der Waals surface area contributed by atoms with E-state index in [2.05, 4.69) is 23.1 Å². The first-order valence-corrected chi connectivity index (χ1v) is 4.41. The van der Waals surface area contributed by atoms with Gasteiger partial charge in [0.25, 0.3) is 0 Å². The molecule has 1 aliphatic rings. The molecule has 0 aromatic carbocycles. The second kappa shape index (κ2) is 4.11. The van der Waals surface area contributed by atoms with Crippen molar-refractivity contribution in [2.75, 3.05) is 0 Å². The van der Waals surface area contributed by atoms with E-state index in [1.807, 2.05) is 0 Å². The van der Waals surface area contributed by atoms with Crippen LogP contribution < -0.4 is 16.2 Å². The summed E-state index contributed by atoms with van der Waals surface area (Å²) in [7, 11) is 0. The van der Waals surface area contributed by atoms with Crippen LogP contribution in [0.4, 0.5) is 4.79 Å². The maximum absolute atomic E-state index is 11.0. The lowest BCUT2D eigenvalue weighted by Gasteiger charge is -2.33. The van der Waals surface area contributed by atoms with Gasteiger partial charge in [0.05, 0.1) is 0 Å². The van der Waals surface area contributed by atoms with E-state index in [0.29, 0.717) is 5.92 Å². The number of amides is 3. The summed E-state index contributed by atoms with van der Waals surface area (Å²) in [4.78, 5) is 21.4. The van der Waals surface area contributed by atoms with Crippen LogP contribution in [0.3, 0.4) is 0 Å². The summed E-state index contributed by atoms with van der Waals surface area (Å²) in [6.07, 6.45) is 2.04. The summed E-state index contributed by atoms with van der Waals surface area (Å²) < 4.78 is 0. The molecule has 13 heavy (non-hydrogen) atoms. The Hall–Kier alpha value is -1.26. The SMILES string of the molecule is CC(=O)NNC(=O)NC1CC(C)C1. The molecule has 3 N–H and O–H groups in total. The largest absolute Gasteiger partial charge is 0.334 e. The minimum absolute atomic E-state index is 0.267. The van der Waals surface area contributed by atoms with Crippen LogP contribution in [0.1, 0.15) is 26.7 Å². The maximum Gasteiger partial charge on any atom is 0.333 e. The van der Waals surface area contributed by atoms with Gasteiger partial charge in [0, 0.05) is 13.0 Å². The molecule has 0 aromatic heterocycles. The van der Waals surface area contributed by atoms with Gasteiger partial charge in [-0.05, 0) is 18.8 Å². The highest BCUT2D eigenvalue weighted by atomic mass is 16.2. The molecule has 1 fully saturated rings. The van der Waals surface area contributed by atoms with Crippen molar-refractivity contribution >= 4 is 11.9 Å². The minimum atomic E-state index is -0.341. The topological polar surface area (TPSA) is 70.2 Å². The van der Waals surface area contributed by atoms with Gasteiger partial charge in [-0.3, -0.25) is 10.2 Å². The number of nitrogens with one attached hydrogen (secondary N) is 3. The Kier molecular flexibility index (Phi) is 3.11. The molecular formula is C8H15N3O2. The van der Waals surface area contributed by atoms with E-state index in [-0.39, 0.29) is 18.0 Å². The lowest BCUT2D eigenvalue weighted by Crippen LogP contribution is -2.52. The van der Waals surface area contributed by atoms with Gasteiger partial charge in [0.1, 0.15) is 0 Å². The Morgan fingerprint density at radius 1 is 1.23 bits per heavy atom. The van der Waals surface area contributed by atoms with Crippen molar-refractivity contribution in [3.63, 3.8) is 0 Å². The Bertz CT molecular complexity index is 211. The number of hydrazine groups is 1. The molecule has 74 valence electrons. The third kappa shape index (κ3) is 3.31. The molecule has 1 rings (SSSR count). The van der Waals surface area contributed by atoms with Crippen LogP contribution in [-0.2, 0) is 4.79 Å². The molecule has 0 atom stereocenters. The first-order chi connectivity index (χ1) is 6.08. The molecule has 0 heterocycles. The van der Waals surface area contributed by atoms with Crippen LogP contribution in [0.15, 0.2) is 0 Å². The lowest BCUT2D eigenvalue weighted by atomic mass is 9.82. The number of carbonyl (C=O) groups excluding carboxylic acids is 2. The zero-order valence-electron chi connectivity index (χ0n) is 7.89. The fourth-order valence-corrected chi connectivity index (χ4v) is 1.39. The predicted octanol–water partition coefficient (Wildman–Crippen LogP) is 0.135.